The average Bonchev–Trinajstić information content (AvgIpc) is 2.50. The lowest BCUT2D eigenvalue weighted by Crippen LogP contribution is -2.44. The quantitative estimate of drug-likeness (QED) is 0.735. The highest BCUT2D eigenvalue weighted by molar-refractivity contribution is 7.91. The van der Waals surface area contributed by atoms with Gasteiger partial charge in [-0.3, -0.25) is 0 Å². The van der Waals surface area contributed by atoms with E-state index >= 15 is 0 Å². The number of hydrogen-bond acceptors (Lipinski definition) is 4. The molecule has 1 spiro atoms. The second-order valence-corrected chi connectivity index (χ2v) is 6.75. The van der Waals surface area contributed by atoms with Gasteiger partial charge in [-0.1, -0.05) is 0 Å². The van der Waals surface area contributed by atoms with Crippen molar-refractivity contribution in [1.82, 2.24) is 5.32 Å². The topological polar surface area (TPSA) is 55.4 Å². The van der Waals surface area contributed by atoms with Crippen molar-refractivity contribution in [3.8, 4) is 0 Å². The molecule has 0 aromatic carbocycles. The molecule has 0 aromatic heterocycles. The lowest BCUT2D eigenvalue weighted by molar-refractivity contribution is 0.0459. The fourth-order valence-corrected chi connectivity index (χ4v) is 3.36. The number of ether oxygens (including phenoxy) is 1. The fourth-order valence-electron chi connectivity index (χ4n) is 2.36. The Morgan fingerprint density at radius 2 is 1.93 bits per heavy atom. The van der Waals surface area contributed by atoms with Gasteiger partial charge in [0.2, 0.25) is 0 Å². The summed E-state index contributed by atoms with van der Waals surface area (Å²) >= 11 is 0. The molecule has 0 aliphatic carbocycles. The van der Waals surface area contributed by atoms with Gasteiger partial charge in [0.05, 0.1) is 5.25 Å². The Kier molecular flexibility index (Phi) is 4.03. The minimum atomic E-state index is -2.88. The van der Waals surface area contributed by atoms with Crippen molar-refractivity contribution in [2.24, 2.45) is 0 Å². The van der Waals surface area contributed by atoms with Crippen molar-refractivity contribution in [3.05, 3.63) is 0 Å². The normalized spacial score (nSPS) is 30.1. The summed E-state index contributed by atoms with van der Waals surface area (Å²) in [6, 6.07) is 0. The Labute approximate surface area is 97.1 Å². The average molecular weight is 256 g/mol. The lowest BCUT2D eigenvalue weighted by Gasteiger charge is -2.33. The van der Waals surface area contributed by atoms with Gasteiger partial charge in [0.25, 0.3) is 0 Å². The van der Waals surface area contributed by atoms with Crippen LogP contribution >= 0.6 is 12.4 Å². The Balaban J connectivity index is 0.00000112. The van der Waals surface area contributed by atoms with Crippen molar-refractivity contribution in [3.63, 3.8) is 0 Å². The van der Waals surface area contributed by atoms with E-state index in [0.29, 0.717) is 6.54 Å². The molecule has 2 rings (SSSR count). The maximum absolute atomic E-state index is 11.4. The third-order valence-electron chi connectivity index (χ3n) is 3.38. The molecular weight excluding hydrogens is 238 g/mol. The highest BCUT2D eigenvalue weighted by Crippen LogP contribution is 2.32. The molecule has 1 N–H and O–H groups in total. The first-order valence-corrected chi connectivity index (χ1v) is 6.99. The fraction of sp³-hybridized carbons (Fsp3) is 1.00. The van der Waals surface area contributed by atoms with Gasteiger partial charge in [0, 0.05) is 31.6 Å². The predicted molar refractivity (Wildman–Crippen MR) is 61.3 cm³/mol. The third kappa shape index (κ3) is 2.84. The third-order valence-corrected chi connectivity index (χ3v) is 4.92. The largest absolute Gasteiger partial charge is 0.381 e. The van der Waals surface area contributed by atoms with Crippen LogP contribution in [0.4, 0.5) is 0 Å². The molecule has 2 aliphatic heterocycles. The van der Waals surface area contributed by atoms with Crippen LogP contribution in [0.3, 0.4) is 0 Å². The van der Waals surface area contributed by atoms with E-state index < -0.39 is 9.84 Å². The first-order valence-electron chi connectivity index (χ1n) is 5.04. The van der Waals surface area contributed by atoms with Crippen molar-refractivity contribution in [2.75, 3.05) is 26.0 Å². The zero-order valence-corrected chi connectivity index (χ0v) is 10.5. The van der Waals surface area contributed by atoms with Crippen LogP contribution in [0.25, 0.3) is 0 Å². The van der Waals surface area contributed by atoms with Gasteiger partial charge in [-0.15, -0.1) is 12.4 Å². The molecule has 0 amide bonds. The maximum Gasteiger partial charge on any atom is 0.151 e. The highest BCUT2D eigenvalue weighted by Gasteiger charge is 2.43. The molecule has 15 heavy (non-hydrogen) atoms. The Morgan fingerprint density at radius 1 is 1.33 bits per heavy atom. The number of hydrogen-bond donors (Lipinski definition) is 1. The highest BCUT2D eigenvalue weighted by atomic mass is 35.5. The van der Waals surface area contributed by atoms with E-state index in [1.54, 1.807) is 0 Å². The van der Waals surface area contributed by atoms with Crippen molar-refractivity contribution in [2.45, 2.75) is 30.1 Å². The van der Waals surface area contributed by atoms with Gasteiger partial charge in [-0.25, -0.2) is 8.42 Å². The molecule has 2 heterocycles. The van der Waals surface area contributed by atoms with E-state index in [9.17, 15) is 8.42 Å². The second kappa shape index (κ2) is 4.57. The smallest absolute Gasteiger partial charge is 0.151 e. The van der Waals surface area contributed by atoms with Gasteiger partial charge in [0.1, 0.15) is 0 Å². The Hall–Kier alpha value is 0.160. The zero-order valence-electron chi connectivity index (χ0n) is 8.86. The molecule has 90 valence electrons. The van der Waals surface area contributed by atoms with Crippen LogP contribution in [0.1, 0.15) is 19.3 Å². The van der Waals surface area contributed by atoms with E-state index in [1.165, 1.54) is 6.26 Å². The SMILES string of the molecule is CS(=O)(=O)C1CNC2(CCOCC2)C1.Cl. The molecule has 0 radical (unpaired) electrons. The molecule has 1 unspecified atom stereocenters. The molecule has 0 aromatic rings. The van der Waals surface area contributed by atoms with Crippen LogP contribution in [-0.2, 0) is 14.6 Å². The predicted octanol–water partition coefficient (Wildman–Crippen LogP) is 0.364. The van der Waals surface area contributed by atoms with Crippen LogP contribution < -0.4 is 5.32 Å². The van der Waals surface area contributed by atoms with Crippen molar-refractivity contribution in [1.29, 1.82) is 0 Å². The minimum Gasteiger partial charge on any atom is -0.381 e. The van der Waals surface area contributed by atoms with Crippen LogP contribution in [0.5, 0.6) is 0 Å². The summed E-state index contributed by atoms with van der Waals surface area (Å²) in [6.07, 6.45) is 3.98. The molecule has 0 bridgehead atoms. The number of nitrogens with one attached hydrogen (secondary N) is 1. The summed E-state index contributed by atoms with van der Waals surface area (Å²) in [5.74, 6) is 0. The number of sulfone groups is 1. The van der Waals surface area contributed by atoms with Crippen LogP contribution in [0.2, 0.25) is 0 Å². The van der Waals surface area contributed by atoms with E-state index in [1.807, 2.05) is 0 Å². The lowest BCUT2D eigenvalue weighted by atomic mass is 9.89. The summed E-state index contributed by atoms with van der Waals surface area (Å²) in [5, 5.41) is 3.18. The van der Waals surface area contributed by atoms with Crippen molar-refractivity contribution >= 4 is 22.2 Å². The van der Waals surface area contributed by atoms with Gasteiger partial charge >= 0.3 is 0 Å². The summed E-state index contributed by atoms with van der Waals surface area (Å²) in [5.41, 5.74) is 0.0476. The molecule has 2 saturated heterocycles. The van der Waals surface area contributed by atoms with Crippen LogP contribution in [0.15, 0.2) is 0 Å². The summed E-state index contributed by atoms with van der Waals surface area (Å²) in [4.78, 5) is 0. The van der Waals surface area contributed by atoms with E-state index in [4.69, 9.17) is 4.74 Å². The van der Waals surface area contributed by atoms with Crippen LogP contribution in [-0.4, -0.2) is 45.2 Å². The van der Waals surface area contributed by atoms with Gasteiger partial charge in [0.15, 0.2) is 9.84 Å². The van der Waals surface area contributed by atoms with Gasteiger partial charge < -0.3 is 10.1 Å². The van der Waals surface area contributed by atoms with Crippen LogP contribution in [0, 0.1) is 0 Å². The summed E-state index contributed by atoms with van der Waals surface area (Å²) < 4.78 is 28.1. The Bertz CT molecular complexity index is 311. The van der Waals surface area contributed by atoms with E-state index in [-0.39, 0.29) is 23.2 Å². The van der Waals surface area contributed by atoms with Crippen molar-refractivity contribution < 1.29 is 13.2 Å². The van der Waals surface area contributed by atoms with E-state index in [0.717, 1.165) is 32.5 Å². The minimum absolute atomic E-state index is 0. The molecule has 0 saturated carbocycles. The summed E-state index contributed by atoms with van der Waals surface area (Å²) in [7, 11) is -2.88. The first kappa shape index (κ1) is 13.2. The van der Waals surface area contributed by atoms with E-state index in [2.05, 4.69) is 5.32 Å². The monoisotopic (exact) mass is 255 g/mol. The maximum atomic E-state index is 11.4. The van der Waals surface area contributed by atoms with Gasteiger partial charge in [-0.2, -0.15) is 0 Å². The Morgan fingerprint density at radius 3 is 2.40 bits per heavy atom. The molecule has 6 heteroatoms. The standard InChI is InChI=1S/C9H17NO3S.ClH/c1-14(11,12)8-6-9(10-7-8)2-4-13-5-3-9;/h8,10H,2-7H2,1H3;1H. The first-order chi connectivity index (χ1) is 6.52. The molecular formula is C9H18ClNO3S. The number of halogens is 1. The zero-order chi connectivity index (χ0) is 10.2. The molecule has 2 aliphatic rings. The molecule has 1 atom stereocenters. The number of rotatable bonds is 1. The molecule has 2 fully saturated rings. The second-order valence-electron chi connectivity index (χ2n) is 4.43. The summed E-state index contributed by atoms with van der Waals surface area (Å²) in [6.45, 7) is 2.12. The molecule has 4 nitrogen and oxygen atoms in total. The van der Waals surface area contributed by atoms with Gasteiger partial charge in [-0.05, 0) is 19.3 Å².